The van der Waals surface area contributed by atoms with Gasteiger partial charge in [0.25, 0.3) is 17.6 Å². The fourth-order valence-corrected chi connectivity index (χ4v) is 2.13. The van der Waals surface area contributed by atoms with Crippen molar-refractivity contribution in [2.24, 2.45) is 0 Å². The summed E-state index contributed by atoms with van der Waals surface area (Å²) in [7, 11) is 1.33. The molecular weight excluding hydrogens is 292 g/mol. The van der Waals surface area contributed by atoms with E-state index in [-0.39, 0.29) is 10.6 Å². The molecule has 1 aromatic carbocycles. The van der Waals surface area contributed by atoms with Crippen LogP contribution in [0.15, 0.2) is 24.3 Å². The Hall–Kier alpha value is -2.61. The third kappa shape index (κ3) is 3.29. The highest BCUT2D eigenvalue weighted by Gasteiger charge is 2.26. The van der Waals surface area contributed by atoms with Gasteiger partial charge >= 0.3 is 0 Å². The maximum absolute atomic E-state index is 12.1. The summed E-state index contributed by atoms with van der Waals surface area (Å²) in [5.74, 6) is -2.23. The van der Waals surface area contributed by atoms with Crippen LogP contribution in [0.4, 0.5) is 5.69 Å². The second kappa shape index (κ2) is 6.23. The van der Waals surface area contributed by atoms with Crippen LogP contribution in [0.3, 0.4) is 0 Å². The van der Waals surface area contributed by atoms with E-state index in [1.807, 2.05) is 19.1 Å². The molecule has 0 radical (unpaired) electrons. The molecule has 0 atom stereocenters. The Kier molecular flexibility index (Phi) is 4.39. The number of carbonyl (C=O) groups excluding carboxylic acids is 3. The van der Waals surface area contributed by atoms with Crippen LogP contribution in [0.5, 0.6) is 0 Å². The molecule has 2 N–H and O–H groups in total. The quantitative estimate of drug-likeness (QED) is 0.649. The largest absolute Gasteiger partial charge is 0.352 e. The Morgan fingerprint density at radius 1 is 1.14 bits per heavy atom. The summed E-state index contributed by atoms with van der Waals surface area (Å²) in [5.41, 5.74) is 1.46. The maximum Gasteiger partial charge on any atom is 0.293 e. The number of anilines is 1. The van der Waals surface area contributed by atoms with Crippen molar-refractivity contribution in [1.82, 2.24) is 14.9 Å². The topological polar surface area (TPSA) is 101 Å². The average Bonchev–Trinajstić information content (AvgIpc) is 2.97. The van der Waals surface area contributed by atoms with Crippen molar-refractivity contribution in [3.05, 3.63) is 40.4 Å². The van der Waals surface area contributed by atoms with Gasteiger partial charge in [-0.2, -0.15) is 0 Å². The average molecular weight is 304 g/mol. The molecule has 0 aliphatic carbocycles. The molecule has 1 heterocycles. The fraction of sp³-hybridized carbons (Fsp3) is 0.154. The fourth-order valence-electron chi connectivity index (χ4n) is 1.53. The van der Waals surface area contributed by atoms with Gasteiger partial charge in [0.05, 0.1) is 0 Å². The molecule has 0 fully saturated rings. The minimum Gasteiger partial charge on any atom is -0.352 e. The first-order valence-corrected chi connectivity index (χ1v) is 6.77. The molecule has 0 unspecified atom stereocenters. The highest BCUT2D eigenvalue weighted by atomic mass is 32.1. The number of nitrogens with one attached hydrogen (secondary N) is 2. The number of amides is 2. The van der Waals surface area contributed by atoms with E-state index in [2.05, 4.69) is 20.2 Å². The van der Waals surface area contributed by atoms with E-state index < -0.39 is 17.6 Å². The van der Waals surface area contributed by atoms with E-state index >= 15 is 0 Å². The first-order chi connectivity index (χ1) is 10.0. The molecule has 0 spiro atoms. The van der Waals surface area contributed by atoms with Crippen LogP contribution in [0.25, 0.3) is 0 Å². The number of carbonyl (C=O) groups is 3. The maximum atomic E-state index is 12.1. The number of nitrogens with zero attached hydrogens (tertiary/aromatic N) is 2. The molecule has 108 valence electrons. The zero-order chi connectivity index (χ0) is 15.4. The zero-order valence-electron chi connectivity index (χ0n) is 11.3. The molecule has 0 aliphatic heterocycles. The van der Waals surface area contributed by atoms with Gasteiger partial charge in [0, 0.05) is 12.7 Å². The molecule has 7 nitrogen and oxygen atoms in total. The minimum atomic E-state index is -0.832. The number of benzene rings is 1. The van der Waals surface area contributed by atoms with Crippen LogP contribution in [0, 0.1) is 6.92 Å². The summed E-state index contributed by atoms with van der Waals surface area (Å²) < 4.78 is 3.57. The highest BCUT2D eigenvalue weighted by Crippen LogP contribution is 2.15. The number of hydrogen-bond acceptors (Lipinski definition) is 6. The van der Waals surface area contributed by atoms with Gasteiger partial charge in [-0.15, -0.1) is 5.10 Å². The van der Waals surface area contributed by atoms with Crippen molar-refractivity contribution in [3.63, 3.8) is 0 Å². The summed E-state index contributed by atoms with van der Waals surface area (Å²) >= 11 is 0.710. The number of rotatable bonds is 4. The molecule has 0 saturated carbocycles. The Morgan fingerprint density at radius 2 is 1.81 bits per heavy atom. The molecule has 2 amide bonds. The van der Waals surface area contributed by atoms with Crippen LogP contribution in [-0.2, 0) is 4.79 Å². The minimum absolute atomic E-state index is 0.0843. The summed E-state index contributed by atoms with van der Waals surface area (Å²) in [6.45, 7) is 1.93. The van der Waals surface area contributed by atoms with E-state index in [9.17, 15) is 14.4 Å². The summed E-state index contributed by atoms with van der Waals surface area (Å²) in [4.78, 5) is 35.2. The SMILES string of the molecule is CNC(=O)C(=O)c1snnc1C(=O)Nc1ccc(C)cc1. The number of aryl methyl sites for hydroxylation is 1. The number of hydrogen-bond donors (Lipinski definition) is 2. The Labute approximate surface area is 124 Å². The van der Waals surface area contributed by atoms with E-state index in [4.69, 9.17) is 0 Å². The van der Waals surface area contributed by atoms with Crippen molar-refractivity contribution in [1.29, 1.82) is 0 Å². The lowest BCUT2D eigenvalue weighted by molar-refractivity contribution is -0.116. The predicted octanol–water partition coefficient (Wildman–Crippen LogP) is 1.03. The van der Waals surface area contributed by atoms with E-state index in [1.165, 1.54) is 7.05 Å². The molecule has 0 bridgehead atoms. The molecule has 2 rings (SSSR count). The summed E-state index contributed by atoms with van der Waals surface area (Å²) in [5, 5.41) is 8.43. The van der Waals surface area contributed by atoms with Gasteiger partial charge in [-0.05, 0) is 30.6 Å². The summed E-state index contributed by atoms with van der Waals surface area (Å²) in [6.07, 6.45) is 0. The van der Waals surface area contributed by atoms with Gasteiger partial charge in [0.1, 0.15) is 4.88 Å². The standard InChI is InChI=1S/C13H12N4O3S/c1-7-3-5-8(6-4-7)15-12(19)9-11(21-17-16-9)10(18)13(20)14-2/h3-6H,1-2H3,(H,14,20)(H,15,19). The lowest BCUT2D eigenvalue weighted by Gasteiger charge is -2.04. The normalized spacial score (nSPS) is 10.0. The van der Waals surface area contributed by atoms with Gasteiger partial charge in [-0.3, -0.25) is 14.4 Å². The van der Waals surface area contributed by atoms with Crippen molar-refractivity contribution in [2.45, 2.75) is 6.92 Å². The number of aromatic nitrogens is 2. The highest BCUT2D eigenvalue weighted by molar-refractivity contribution is 7.09. The van der Waals surface area contributed by atoms with E-state index in [1.54, 1.807) is 12.1 Å². The third-order valence-corrected chi connectivity index (χ3v) is 3.38. The molecule has 0 saturated heterocycles. The van der Waals surface area contributed by atoms with E-state index in [0.29, 0.717) is 17.2 Å². The predicted molar refractivity (Wildman–Crippen MR) is 77.4 cm³/mol. The second-order valence-corrected chi connectivity index (χ2v) is 4.93. The van der Waals surface area contributed by atoms with Crippen LogP contribution >= 0.6 is 11.5 Å². The first kappa shape index (κ1) is 14.8. The molecule has 0 aliphatic rings. The van der Waals surface area contributed by atoms with Crippen LogP contribution in [0.1, 0.15) is 25.7 Å². The second-order valence-electron chi connectivity index (χ2n) is 4.18. The molecular formula is C13H12N4O3S. The number of likely N-dealkylation sites (N-methyl/N-ethyl adjacent to an activating group) is 1. The smallest absolute Gasteiger partial charge is 0.293 e. The van der Waals surface area contributed by atoms with Gasteiger partial charge in [-0.25, -0.2) is 0 Å². The van der Waals surface area contributed by atoms with Gasteiger partial charge in [-0.1, -0.05) is 22.2 Å². The van der Waals surface area contributed by atoms with Gasteiger partial charge in [0.15, 0.2) is 5.69 Å². The van der Waals surface area contributed by atoms with Crippen molar-refractivity contribution >= 4 is 34.8 Å². The molecule has 8 heteroatoms. The Morgan fingerprint density at radius 3 is 2.43 bits per heavy atom. The number of ketones is 1. The number of Topliss-reactive ketones (excluding diaryl/α,β-unsaturated/α-hetero) is 1. The molecule has 1 aromatic heterocycles. The van der Waals surface area contributed by atoms with Crippen LogP contribution < -0.4 is 10.6 Å². The molecule has 21 heavy (non-hydrogen) atoms. The first-order valence-electron chi connectivity index (χ1n) is 5.99. The lowest BCUT2D eigenvalue weighted by Crippen LogP contribution is -2.28. The van der Waals surface area contributed by atoms with Crippen molar-refractivity contribution in [3.8, 4) is 0 Å². The zero-order valence-corrected chi connectivity index (χ0v) is 12.2. The Bertz CT molecular complexity index is 694. The van der Waals surface area contributed by atoms with Crippen molar-refractivity contribution in [2.75, 3.05) is 12.4 Å². The monoisotopic (exact) mass is 304 g/mol. The third-order valence-electron chi connectivity index (χ3n) is 2.65. The molecule has 2 aromatic rings. The van der Waals surface area contributed by atoms with Gasteiger partial charge < -0.3 is 10.6 Å². The van der Waals surface area contributed by atoms with Crippen LogP contribution in [0.2, 0.25) is 0 Å². The van der Waals surface area contributed by atoms with E-state index in [0.717, 1.165) is 5.56 Å². The summed E-state index contributed by atoms with van der Waals surface area (Å²) in [6, 6.07) is 7.14. The Balaban J connectivity index is 2.21. The lowest BCUT2D eigenvalue weighted by atomic mass is 10.2. The van der Waals surface area contributed by atoms with Crippen molar-refractivity contribution < 1.29 is 14.4 Å². The van der Waals surface area contributed by atoms with Gasteiger partial charge in [0.2, 0.25) is 0 Å². The van der Waals surface area contributed by atoms with Crippen LogP contribution in [-0.4, -0.2) is 34.2 Å².